The van der Waals surface area contributed by atoms with Crippen molar-refractivity contribution in [2.75, 3.05) is 36.4 Å². The molecule has 0 unspecified atom stereocenters. The lowest BCUT2D eigenvalue weighted by molar-refractivity contribution is 0.0746. The van der Waals surface area contributed by atoms with Gasteiger partial charge in [-0.3, -0.25) is 14.9 Å². The second kappa shape index (κ2) is 10.8. The van der Waals surface area contributed by atoms with Gasteiger partial charge in [-0.05, 0) is 78.4 Å². The molecule has 0 radical (unpaired) electrons. The van der Waals surface area contributed by atoms with Crippen LogP contribution in [0.4, 0.5) is 11.4 Å². The number of rotatable bonds is 4. The number of nitrogens with zero attached hydrogens (tertiary/aromatic N) is 2. The highest BCUT2D eigenvalue weighted by molar-refractivity contribution is 7.80. The average molecular weight is 509 g/mol. The molecule has 186 valence electrons. The zero-order chi connectivity index (χ0) is 25.8. The van der Waals surface area contributed by atoms with E-state index in [0.29, 0.717) is 18.7 Å². The molecule has 2 N–H and O–H groups in total. The highest BCUT2D eigenvalue weighted by atomic mass is 32.1. The van der Waals surface area contributed by atoms with Crippen molar-refractivity contribution in [3.05, 3.63) is 108 Å². The van der Waals surface area contributed by atoms with Crippen LogP contribution in [0.15, 0.2) is 91.0 Å². The van der Waals surface area contributed by atoms with E-state index in [-0.39, 0.29) is 16.9 Å². The van der Waals surface area contributed by atoms with Gasteiger partial charge in [0.2, 0.25) is 0 Å². The smallest absolute Gasteiger partial charge is 0.257 e. The molecule has 1 fully saturated rings. The average Bonchev–Trinajstić information content (AvgIpc) is 2.93. The quantitative estimate of drug-likeness (QED) is 0.369. The minimum absolute atomic E-state index is 0.0819. The lowest BCUT2D eigenvalue weighted by Crippen LogP contribution is -2.48. The molecule has 5 rings (SSSR count). The Morgan fingerprint density at radius 1 is 0.757 bits per heavy atom. The lowest BCUT2D eigenvalue weighted by Gasteiger charge is -2.36. The maximum atomic E-state index is 12.8. The number of amides is 2. The third-order valence-electron chi connectivity index (χ3n) is 6.59. The van der Waals surface area contributed by atoms with Gasteiger partial charge in [-0.15, -0.1) is 0 Å². The predicted molar refractivity (Wildman–Crippen MR) is 153 cm³/mol. The molecule has 6 nitrogen and oxygen atoms in total. The van der Waals surface area contributed by atoms with E-state index in [0.717, 1.165) is 46.4 Å². The van der Waals surface area contributed by atoms with Gasteiger partial charge >= 0.3 is 0 Å². The van der Waals surface area contributed by atoms with Crippen molar-refractivity contribution in [3.8, 4) is 0 Å². The van der Waals surface area contributed by atoms with Crippen LogP contribution in [0.5, 0.6) is 0 Å². The molecular formula is C30H28N4O2S. The normalized spacial score (nSPS) is 13.3. The van der Waals surface area contributed by atoms with E-state index in [1.165, 1.54) is 0 Å². The van der Waals surface area contributed by atoms with Crippen molar-refractivity contribution in [2.45, 2.75) is 6.92 Å². The first-order valence-electron chi connectivity index (χ1n) is 12.3. The molecule has 1 aliphatic rings. The molecule has 4 aromatic carbocycles. The zero-order valence-electron chi connectivity index (χ0n) is 20.6. The number of nitrogens with one attached hydrogen (secondary N) is 2. The van der Waals surface area contributed by atoms with Gasteiger partial charge in [0.1, 0.15) is 0 Å². The summed E-state index contributed by atoms with van der Waals surface area (Å²) in [5.41, 5.74) is 4.31. The van der Waals surface area contributed by atoms with E-state index in [1.807, 2.05) is 96.8 Å². The molecule has 1 aliphatic heterocycles. The number of carbonyl (C=O) groups excluding carboxylic acids is 2. The van der Waals surface area contributed by atoms with Crippen molar-refractivity contribution < 1.29 is 9.59 Å². The number of anilines is 2. The summed E-state index contributed by atoms with van der Waals surface area (Å²) in [6, 6.07) is 29.1. The monoisotopic (exact) mass is 508 g/mol. The second-order valence-corrected chi connectivity index (χ2v) is 9.57. The van der Waals surface area contributed by atoms with E-state index in [9.17, 15) is 9.59 Å². The number of thiocarbonyl (C=S) groups is 1. The Morgan fingerprint density at radius 2 is 1.41 bits per heavy atom. The first kappa shape index (κ1) is 24.5. The number of aryl methyl sites for hydroxylation is 1. The summed E-state index contributed by atoms with van der Waals surface area (Å²) in [7, 11) is 0. The Hall–Kier alpha value is -4.23. The van der Waals surface area contributed by atoms with Crippen molar-refractivity contribution in [1.29, 1.82) is 0 Å². The Labute approximate surface area is 221 Å². The first-order chi connectivity index (χ1) is 18.0. The van der Waals surface area contributed by atoms with E-state index >= 15 is 0 Å². The van der Waals surface area contributed by atoms with Crippen LogP contribution in [0.1, 0.15) is 26.3 Å². The SMILES string of the molecule is Cc1ccc(C(=O)N2CCN(c3ccc(NC(=S)NC(=O)c4ccc5ccccc5c4)cc3)CC2)cc1. The third-order valence-corrected chi connectivity index (χ3v) is 6.80. The Balaban J connectivity index is 1.13. The molecule has 0 aromatic heterocycles. The van der Waals surface area contributed by atoms with Crippen LogP contribution in [-0.4, -0.2) is 48.0 Å². The van der Waals surface area contributed by atoms with Gasteiger partial charge in [0.15, 0.2) is 5.11 Å². The van der Waals surface area contributed by atoms with Crippen LogP contribution in [-0.2, 0) is 0 Å². The highest BCUT2D eigenvalue weighted by Gasteiger charge is 2.22. The summed E-state index contributed by atoms with van der Waals surface area (Å²) < 4.78 is 0. The number of piperazine rings is 1. The summed E-state index contributed by atoms with van der Waals surface area (Å²) >= 11 is 5.36. The van der Waals surface area contributed by atoms with Crippen LogP contribution in [0, 0.1) is 6.92 Å². The first-order valence-corrected chi connectivity index (χ1v) is 12.7. The highest BCUT2D eigenvalue weighted by Crippen LogP contribution is 2.21. The standard InChI is InChI=1S/C30H28N4O2S/c1-21-6-8-23(9-7-21)29(36)34-18-16-33(17-19-34)27-14-12-26(13-15-27)31-30(37)32-28(35)25-11-10-22-4-2-3-5-24(22)20-25/h2-15,20H,16-19H2,1H3,(H2,31,32,35,37). The topological polar surface area (TPSA) is 64.7 Å². The van der Waals surface area contributed by atoms with Crippen molar-refractivity contribution in [3.63, 3.8) is 0 Å². The van der Waals surface area contributed by atoms with Gasteiger partial charge < -0.3 is 15.1 Å². The molecule has 1 heterocycles. The van der Waals surface area contributed by atoms with Gasteiger partial charge in [0.25, 0.3) is 11.8 Å². The van der Waals surface area contributed by atoms with Gasteiger partial charge in [0, 0.05) is 48.7 Å². The zero-order valence-corrected chi connectivity index (χ0v) is 21.4. The molecule has 2 amide bonds. The molecule has 37 heavy (non-hydrogen) atoms. The summed E-state index contributed by atoms with van der Waals surface area (Å²) in [4.78, 5) is 29.6. The van der Waals surface area contributed by atoms with Crippen molar-refractivity contribution in [1.82, 2.24) is 10.2 Å². The van der Waals surface area contributed by atoms with Crippen LogP contribution >= 0.6 is 12.2 Å². The molecular weight excluding hydrogens is 480 g/mol. The Kier molecular flexibility index (Phi) is 7.14. The van der Waals surface area contributed by atoms with Crippen LogP contribution in [0.3, 0.4) is 0 Å². The Morgan fingerprint density at radius 3 is 2.11 bits per heavy atom. The lowest BCUT2D eigenvalue weighted by atomic mass is 10.1. The minimum Gasteiger partial charge on any atom is -0.368 e. The van der Waals surface area contributed by atoms with Crippen molar-refractivity contribution >= 4 is 51.3 Å². The molecule has 0 bridgehead atoms. The van der Waals surface area contributed by atoms with Gasteiger partial charge in [-0.25, -0.2) is 0 Å². The third kappa shape index (κ3) is 5.78. The van der Waals surface area contributed by atoms with Gasteiger partial charge in [0.05, 0.1) is 0 Å². The number of carbonyl (C=O) groups is 2. The van der Waals surface area contributed by atoms with E-state index in [1.54, 1.807) is 6.07 Å². The molecule has 0 saturated carbocycles. The number of hydrogen-bond donors (Lipinski definition) is 2. The number of fused-ring (bicyclic) bond motifs is 1. The fraction of sp³-hybridized carbons (Fsp3) is 0.167. The molecule has 7 heteroatoms. The van der Waals surface area contributed by atoms with E-state index in [4.69, 9.17) is 12.2 Å². The summed E-state index contributed by atoms with van der Waals surface area (Å²) in [5.74, 6) is -0.170. The van der Waals surface area contributed by atoms with E-state index < -0.39 is 0 Å². The molecule has 0 aliphatic carbocycles. The summed E-state index contributed by atoms with van der Waals surface area (Å²) in [5, 5.41) is 8.17. The molecule has 1 saturated heterocycles. The molecule has 0 spiro atoms. The molecule has 4 aromatic rings. The maximum Gasteiger partial charge on any atom is 0.257 e. The van der Waals surface area contributed by atoms with Gasteiger partial charge in [-0.2, -0.15) is 0 Å². The van der Waals surface area contributed by atoms with Crippen molar-refractivity contribution in [2.24, 2.45) is 0 Å². The number of benzene rings is 4. The fourth-order valence-electron chi connectivity index (χ4n) is 4.47. The number of hydrogen-bond acceptors (Lipinski definition) is 4. The predicted octanol–water partition coefficient (Wildman–Crippen LogP) is 5.24. The van der Waals surface area contributed by atoms with E-state index in [2.05, 4.69) is 15.5 Å². The largest absolute Gasteiger partial charge is 0.368 e. The van der Waals surface area contributed by atoms with Crippen LogP contribution in [0.25, 0.3) is 10.8 Å². The van der Waals surface area contributed by atoms with Crippen LogP contribution < -0.4 is 15.5 Å². The molecule has 0 atom stereocenters. The second-order valence-electron chi connectivity index (χ2n) is 9.16. The Bertz CT molecular complexity index is 1440. The van der Waals surface area contributed by atoms with Crippen LogP contribution in [0.2, 0.25) is 0 Å². The summed E-state index contributed by atoms with van der Waals surface area (Å²) in [6.07, 6.45) is 0. The minimum atomic E-state index is -0.252. The fourth-order valence-corrected chi connectivity index (χ4v) is 4.68. The maximum absolute atomic E-state index is 12.8. The van der Waals surface area contributed by atoms with Gasteiger partial charge in [-0.1, -0.05) is 48.0 Å². The summed E-state index contributed by atoms with van der Waals surface area (Å²) in [6.45, 7) is 4.91.